The van der Waals surface area contributed by atoms with Crippen LogP contribution in [0.2, 0.25) is 0 Å². The number of benzene rings is 1. The third kappa shape index (κ3) is 5.14. The molecule has 0 bridgehead atoms. The maximum absolute atomic E-state index is 12.2. The van der Waals surface area contributed by atoms with E-state index in [4.69, 9.17) is 0 Å². The lowest BCUT2D eigenvalue weighted by Gasteiger charge is -2.22. The quantitative estimate of drug-likeness (QED) is 0.419. The zero-order valence-electron chi connectivity index (χ0n) is 11.0. The first-order valence-corrected chi connectivity index (χ1v) is 7.03. The fraction of sp³-hybridized carbons (Fsp3) is 0.417. The first kappa shape index (κ1) is 17.7. The number of carbonyl (C=O) groups excluding carboxylic acids is 1. The van der Waals surface area contributed by atoms with Gasteiger partial charge >= 0.3 is 6.18 Å². The van der Waals surface area contributed by atoms with Crippen LogP contribution in [0.3, 0.4) is 0 Å². The Balaban J connectivity index is 2.99. The maximum atomic E-state index is 12.2. The van der Waals surface area contributed by atoms with Gasteiger partial charge < -0.3 is 4.90 Å². The van der Waals surface area contributed by atoms with E-state index in [1.165, 1.54) is 12.1 Å². The van der Waals surface area contributed by atoms with Gasteiger partial charge in [-0.05, 0) is 35.6 Å². The Morgan fingerprint density at radius 1 is 1.43 bits per heavy atom. The molecule has 0 aliphatic carbocycles. The minimum absolute atomic E-state index is 0.0359. The highest BCUT2D eigenvalue weighted by Crippen LogP contribution is 2.23. The number of non-ortho nitro benzene ring substituents is 1. The largest absolute Gasteiger partial charge is 0.390 e. The molecular formula is C12H12F3IN2O3. The second-order valence-corrected chi connectivity index (χ2v) is 5.33. The highest BCUT2D eigenvalue weighted by molar-refractivity contribution is 14.1. The molecule has 9 heteroatoms. The normalized spacial score (nSPS) is 11.3. The van der Waals surface area contributed by atoms with Crippen molar-refractivity contribution < 1.29 is 22.9 Å². The van der Waals surface area contributed by atoms with Gasteiger partial charge in [0.25, 0.3) is 11.6 Å². The minimum Gasteiger partial charge on any atom is -0.339 e. The lowest BCUT2D eigenvalue weighted by Crippen LogP contribution is -2.34. The van der Waals surface area contributed by atoms with Gasteiger partial charge in [0.05, 0.1) is 16.9 Å². The summed E-state index contributed by atoms with van der Waals surface area (Å²) in [6.07, 6.45) is -5.47. The molecule has 0 fully saturated rings. The van der Waals surface area contributed by atoms with Crippen LogP contribution in [-0.4, -0.2) is 35.0 Å². The average molecular weight is 416 g/mol. The van der Waals surface area contributed by atoms with Crippen LogP contribution in [-0.2, 0) is 0 Å². The number of rotatable bonds is 5. The van der Waals surface area contributed by atoms with Gasteiger partial charge in [-0.25, -0.2) is 0 Å². The molecule has 116 valence electrons. The molecule has 0 aromatic heterocycles. The molecule has 0 saturated carbocycles. The van der Waals surface area contributed by atoms with Crippen LogP contribution in [0.5, 0.6) is 0 Å². The molecule has 0 aliphatic rings. The van der Waals surface area contributed by atoms with Gasteiger partial charge in [-0.2, -0.15) is 13.2 Å². The van der Waals surface area contributed by atoms with Crippen LogP contribution in [0.1, 0.15) is 23.7 Å². The van der Waals surface area contributed by atoms with Crippen LogP contribution in [0.25, 0.3) is 0 Å². The number of halogens is 4. The highest BCUT2D eigenvalue weighted by Gasteiger charge is 2.29. The van der Waals surface area contributed by atoms with Gasteiger partial charge in [-0.15, -0.1) is 0 Å². The van der Waals surface area contributed by atoms with Gasteiger partial charge in [0.2, 0.25) is 0 Å². The van der Waals surface area contributed by atoms with Crippen LogP contribution in [0.15, 0.2) is 18.2 Å². The SMILES string of the molecule is CCN(CCC(F)(F)F)C(=O)c1cc([N+](=O)[O-])ccc1I. The van der Waals surface area contributed by atoms with Gasteiger partial charge in [-0.1, -0.05) is 0 Å². The summed E-state index contributed by atoms with van der Waals surface area (Å²) in [6, 6.07) is 3.72. The maximum Gasteiger partial charge on any atom is 0.390 e. The molecule has 0 spiro atoms. The van der Waals surface area contributed by atoms with Crippen molar-refractivity contribution in [1.29, 1.82) is 0 Å². The smallest absolute Gasteiger partial charge is 0.339 e. The summed E-state index contributed by atoms with van der Waals surface area (Å²) in [5.74, 6) is -0.644. The van der Waals surface area contributed by atoms with Gasteiger partial charge in [0, 0.05) is 28.8 Å². The number of nitro groups is 1. The monoisotopic (exact) mass is 416 g/mol. The Hall–Kier alpha value is -1.39. The van der Waals surface area contributed by atoms with Crippen molar-refractivity contribution in [2.75, 3.05) is 13.1 Å². The Labute approximate surface area is 132 Å². The molecule has 5 nitrogen and oxygen atoms in total. The summed E-state index contributed by atoms with van der Waals surface area (Å²) >= 11 is 1.82. The molecular weight excluding hydrogens is 404 g/mol. The Bertz CT molecular complexity index is 549. The zero-order valence-corrected chi connectivity index (χ0v) is 13.1. The van der Waals surface area contributed by atoms with Gasteiger partial charge in [0.15, 0.2) is 0 Å². The van der Waals surface area contributed by atoms with E-state index in [1.54, 1.807) is 6.92 Å². The number of alkyl halides is 3. The molecule has 1 aromatic rings. The molecule has 21 heavy (non-hydrogen) atoms. The number of carbonyl (C=O) groups is 1. The van der Waals surface area contributed by atoms with Gasteiger partial charge in [-0.3, -0.25) is 14.9 Å². The van der Waals surface area contributed by atoms with Gasteiger partial charge in [0.1, 0.15) is 0 Å². The highest BCUT2D eigenvalue weighted by atomic mass is 127. The summed E-state index contributed by atoms with van der Waals surface area (Å²) in [6.45, 7) is 1.17. The van der Waals surface area contributed by atoms with Crippen LogP contribution in [0.4, 0.5) is 18.9 Å². The van der Waals surface area contributed by atoms with E-state index >= 15 is 0 Å². The molecule has 0 atom stereocenters. The van der Waals surface area contributed by atoms with Crippen LogP contribution < -0.4 is 0 Å². The third-order valence-corrected chi connectivity index (χ3v) is 3.67. The first-order chi connectivity index (χ1) is 9.65. The molecule has 1 rings (SSSR count). The molecule has 1 amide bonds. The van der Waals surface area contributed by atoms with Crippen molar-refractivity contribution >= 4 is 34.2 Å². The fourth-order valence-electron chi connectivity index (χ4n) is 1.63. The molecule has 0 heterocycles. The van der Waals surface area contributed by atoms with E-state index in [9.17, 15) is 28.1 Å². The number of hydrogen-bond acceptors (Lipinski definition) is 3. The molecule has 0 aliphatic heterocycles. The van der Waals surface area contributed by atoms with Crippen molar-refractivity contribution in [2.24, 2.45) is 0 Å². The summed E-state index contributed by atoms with van der Waals surface area (Å²) in [4.78, 5) is 23.3. The molecule has 0 unspecified atom stereocenters. The Kier molecular flexibility index (Phi) is 5.93. The van der Waals surface area contributed by atoms with E-state index in [-0.39, 0.29) is 17.8 Å². The second-order valence-electron chi connectivity index (χ2n) is 4.17. The standard InChI is InChI=1S/C12H12F3IN2O3/c1-2-17(6-5-12(13,14)15)11(19)9-7-8(18(20)21)3-4-10(9)16/h3-4,7H,2,5-6H2,1H3. The van der Waals surface area contributed by atoms with E-state index in [0.29, 0.717) is 3.57 Å². The Morgan fingerprint density at radius 3 is 2.52 bits per heavy atom. The number of nitro benzene ring substituents is 1. The lowest BCUT2D eigenvalue weighted by molar-refractivity contribution is -0.384. The predicted octanol–water partition coefficient (Wildman–Crippen LogP) is 3.61. The average Bonchev–Trinajstić information content (AvgIpc) is 2.38. The van der Waals surface area contributed by atoms with E-state index in [1.807, 2.05) is 22.6 Å². The number of nitrogens with zero attached hydrogens (tertiary/aromatic N) is 2. The molecule has 0 radical (unpaired) electrons. The van der Waals surface area contributed by atoms with E-state index in [2.05, 4.69) is 0 Å². The van der Waals surface area contributed by atoms with Crippen LogP contribution in [0, 0.1) is 13.7 Å². The molecule has 0 N–H and O–H groups in total. The van der Waals surface area contributed by atoms with Crippen molar-refractivity contribution in [3.63, 3.8) is 0 Å². The lowest BCUT2D eigenvalue weighted by atomic mass is 10.1. The fourth-order valence-corrected chi connectivity index (χ4v) is 2.19. The first-order valence-electron chi connectivity index (χ1n) is 5.95. The predicted molar refractivity (Wildman–Crippen MR) is 78.1 cm³/mol. The number of hydrogen-bond donors (Lipinski definition) is 0. The molecule has 1 aromatic carbocycles. The number of amides is 1. The van der Waals surface area contributed by atoms with Crippen molar-refractivity contribution in [2.45, 2.75) is 19.5 Å². The zero-order chi connectivity index (χ0) is 16.2. The van der Waals surface area contributed by atoms with E-state index in [0.717, 1.165) is 11.0 Å². The topological polar surface area (TPSA) is 63.5 Å². The summed E-state index contributed by atoms with van der Waals surface area (Å²) in [5, 5.41) is 10.7. The molecule has 0 saturated heterocycles. The summed E-state index contributed by atoms with van der Waals surface area (Å²) < 4.78 is 37.2. The Morgan fingerprint density at radius 2 is 2.05 bits per heavy atom. The minimum atomic E-state index is -4.36. The van der Waals surface area contributed by atoms with Crippen molar-refractivity contribution in [3.8, 4) is 0 Å². The summed E-state index contributed by atoms with van der Waals surface area (Å²) in [7, 11) is 0. The van der Waals surface area contributed by atoms with Crippen molar-refractivity contribution in [3.05, 3.63) is 37.4 Å². The summed E-state index contributed by atoms with van der Waals surface area (Å²) in [5.41, 5.74) is -0.237. The van der Waals surface area contributed by atoms with E-state index < -0.39 is 30.0 Å². The van der Waals surface area contributed by atoms with Crippen LogP contribution >= 0.6 is 22.6 Å². The second kappa shape index (κ2) is 7.05. The third-order valence-electron chi connectivity index (χ3n) is 2.73. The van der Waals surface area contributed by atoms with Crippen molar-refractivity contribution in [1.82, 2.24) is 4.90 Å².